The van der Waals surface area contributed by atoms with Crippen LogP contribution in [0.2, 0.25) is 0 Å². The molecule has 1 aliphatic heterocycles. The van der Waals surface area contributed by atoms with Crippen LogP contribution in [0.3, 0.4) is 0 Å². The second kappa shape index (κ2) is 15.4. The molecule has 0 aliphatic carbocycles. The van der Waals surface area contributed by atoms with Crippen LogP contribution >= 0.6 is 0 Å². The summed E-state index contributed by atoms with van der Waals surface area (Å²) in [7, 11) is -15.0. The lowest BCUT2D eigenvalue weighted by Crippen LogP contribution is -2.41. The van der Waals surface area contributed by atoms with E-state index in [0.29, 0.717) is 0 Å². The van der Waals surface area contributed by atoms with Gasteiger partial charge >= 0.3 is 24.3 Å². The number of rotatable bonds is 11. The molecule has 0 amide bonds. The van der Waals surface area contributed by atoms with Crippen LogP contribution in [0.25, 0.3) is 22.8 Å². The number of halogens is 6. The van der Waals surface area contributed by atoms with Crippen molar-refractivity contribution in [1.82, 2.24) is 0 Å². The Hall–Kier alpha value is -5.09. The summed E-state index contributed by atoms with van der Waals surface area (Å²) in [6.45, 7) is 0. The van der Waals surface area contributed by atoms with Crippen molar-refractivity contribution in [3.05, 3.63) is 119 Å². The molecule has 0 saturated carbocycles. The number of hydrogen-bond acceptors (Lipinski definition) is 10. The molecule has 0 fully saturated rings. The van der Waals surface area contributed by atoms with Crippen LogP contribution in [-0.4, -0.2) is 82.4 Å². The summed E-state index contributed by atoms with van der Waals surface area (Å²) in [5.41, 5.74) is -0.681. The van der Waals surface area contributed by atoms with Gasteiger partial charge in [-0.3, -0.25) is 13.9 Å². The lowest BCUT2D eigenvalue weighted by Gasteiger charge is -2.29. The molecule has 1 heterocycles. The number of hydrogen-bond donors (Lipinski definition) is 2. The zero-order valence-corrected chi connectivity index (χ0v) is 30.4. The zero-order chi connectivity index (χ0) is 41.4. The zero-order valence-electron chi connectivity index (χ0n) is 27.9. The molecule has 2 N–H and O–H groups in total. The molecule has 12 nitrogen and oxygen atoms in total. The summed E-state index contributed by atoms with van der Waals surface area (Å²) in [5, 5.41) is 0. The van der Waals surface area contributed by atoms with Crippen LogP contribution in [0.1, 0.15) is 28.2 Å². The van der Waals surface area contributed by atoms with Gasteiger partial charge in [0.05, 0.1) is 15.4 Å². The molecule has 56 heavy (non-hydrogen) atoms. The van der Waals surface area contributed by atoms with Crippen molar-refractivity contribution < 1.29 is 79.8 Å². The van der Waals surface area contributed by atoms with Gasteiger partial charge in [0, 0.05) is 0 Å². The Morgan fingerprint density at radius 3 is 1.80 bits per heavy atom. The van der Waals surface area contributed by atoms with Gasteiger partial charge in [0.2, 0.25) is 22.0 Å². The highest BCUT2D eigenvalue weighted by molar-refractivity contribution is 7.91. The van der Waals surface area contributed by atoms with E-state index in [0.717, 1.165) is 30.3 Å². The summed E-state index contributed by atoms with van der Waals surface area (Å²) < 4.78 is 182. The number of alkyl halides is 6. The molecule has 4 aromatic rings. The summed E-state index contributed by atoms with van der Waals surface area (Å²) >= 11 is 0. The van der Waals surface area contributed by atoms with Crippen molar-refractivity contribution in [3.8, 4) is 11.1 Å². The molecule has 3 unspecified atom stereocenters. The number of carbonyl (C=O) groups is 2. The van der Waals surface area contributed by atoms with Crippen LogP contribution in [0.4, 0.5) is 26.3 Å². The highest BCUT2D eigenvalue weighted by Gasteiger charge is 2.49. The second-order valence-electron chi connectivity index (χ2n) is 12.2. The highest BCUT2D eigenvalue weighted by atomic mass is 32.2. The van der Waals surface area contributed by atoms with E-state index in [2.05, 4.69) is 9.47 Å². The molecule has 0 radical (unpaired) electrons. The number of carbonyl (C=O) groups excluding carboxylic acids is 2. The van der Waals surface area contributed by atoms with Gasteiger partial charge < -0.3 is 9.47 Å². The topological polar surface area (TPSA) is 195 Å². The maximum Gasteiger partial charge on any atom is 0.426 e. The first-order valence-corrected chi connectivity index (χ1v) is 20.4. The fourth-order valence-corrected chi connectivity index (χ4v) is 8.73. The first-order chi connectivity index (χ1) is 25.8. The summed E-state index contributed by atoms with van der Waals surface area (Å²) in [4.78, 5) is 25.8. The first-order valence-electron chi connectivity index (χ1n) is 15.7. The molecule has 4 aromatic carbocycles. The normalized spacial score (nSPS) is 16.9. The summed E-state index contributed by atoms with van der Waals surface area (Å²) in [5.74, 6) is -9.23. The molecule has 1 aliphatic rings. The van der Waals surface area contributed by atoms with Gasteiger partial charge in [-0.05, 0) is 63.7 Å². The molecule has 0 spiro atoms. The minimum absolute atomic E-state index is 0.0286. The van der Waals surface area contributed by atoms with Gasteiger partial charge in [-0.1, -0.05) is 72.8 Å². The van der Waals surface area contributed by atoms with Gasteiger partial charge in [-0.25, -0.2) is 13.2 Å². The molecule has 5 rings (SSSR count). The smallest absolute Gasteiger partial charge is 0.426 e. The largest absolute Gasteiger partial charge is 0.451 e. The average Bonchev–Trinajstić information content (AvgIpc) is 3.08. The van der Waals surface area contributed by atoms with Crippen LogP contribution < -0.4 is 0 Å². The molecule has 0 bridgehead atoms. The van der Waals surface area contributed by atoms with E-state index in [9.17, 15) is 61.2 Å². The number of benzene rings is 4. The molecule has 21 heteroatoms. The minimum Gasteiger partial charge on any atom is -0.451 e. The van der Waals surface area contributed by atoms with Crippen molar-refractivity contribution >= 4 is 53.7 Å². The van der Waals surface area contributed by atoms with Crippen LogP contribution in [0.15, 0.2) is 107 Å². The molecule has 298 valence electrons. The Kier molecular flexibility index (Phi) is 11.6. The van der Waals surface area contributed by atoms with E-state index < -0.39 is 99.4 Å². The predicted molar refractivity (Wildman–Crippen MR) is 185 cm³/mol. The van der Waals surface area contributed by atoms with Gasteiger partial charge in [-0.15, -0.1) is 0 Å². The fraction of sp³-hybridized carbons (Fsp3) is 0.200. The second-order valence-corrected chi connectivity index (χ2v) is 17.1. The van der Waals surface area contributed by atoms with Crippen molar-refractivity contribution in [2.45, 2.75) is 40.3 Å². The lowest BCUT2D eigenvalue weighted by atomic mass is 9.88. The maximum absolute atomic E-state index is 13.8. The maximum atomic E-state index is 13.8. The van der Waals surface area contributed by atoms with E-state index in [1.54, 1.807) is 0 Å². The third kappa shape index (κ3) is 9.82. The number of ether oxygens (including phenoxy) is 2. The molecule has 0 aromatic heterocycles. The lowest BCUT2D eigenvalue weighted by molar-refractivity contribution is -0.215. The highest BCUT2D eigenvalue weighted by Crippen LogP contribution is 2.44. The third-order valence-electron chi connectivity index (χ3n) is 8.16. The summed E-state index contributed by atoms with van der Waals surface area (Å²) in [6, 6.07) is 21.0. The standard InChI is InChI=1S/C35H26F6O12S3/c36-34(37,38)29(18-54(44,45)46)52-32(42)25(21-8-2-1-3-9-21)16-20-7-6-10-22(15-20)23-13-14-28-26(17-23)31(24-11-4-5-12-27(24)56(28,50)51)33(43)53-30(35(39,40)41)19-55(47,48)49/h1-17,29-31H,18-19H2,(H,44,45,46)(H,47,48,49)/b25-16+. The Bertz CT molecular complexity index is 2540. The predicted octanol–water partition coefficient (Wildman–Crippen LogP) is 5.90. The number of esters is 2. The Labute approximate surface area is 314 Å². The fourth-order valence-electron chi connectivity index (χ4n) is 5.73. The molecular formula is C35H26F6O12S3. The van der Waals surface area contributed by atoms with Crippen molar-refractivity contribution in [2.24, 2.45) is 0 Å². The Balaban J connectivity index is 1.60. The minimum atomic E-state index is -5.47. The van der Waals surface area contributed by atoms with Crippen molar-refractivity contribution in [2.75, 3.05) is 11.5 Å². The molecule has 3 atom stereocenters. The van der Waals surface area contributed by atoms with Crippen molar-refractivity contribution in [3.63, 3.8) is 0 Å². The van der Waals surface area contributed by atoms with E-state index in [4.69, 9.17) is 9.11 Å². The molecular weight excluding hydrogens is 823 g/mol. The quantitative estimate of drug-likeness (QED) is 0.0598. The number of sulfone groups is 1. The number of fused-ring (bicyclic) bond motifs is 2. The van der Waals surface area contributed by atoms with Crippen LogP contribution in [0.5, 0.6) is 0 Å². The third-order valence-corrected chi connectivity index (χ3v) is 11.5. The van der Waals surface area contributed by atoms with Gasteiger partial charge in [-0.2, -0.15) is 43.2 Å². The SMILES string of the molecule is O=C(OC(CS(=O)(=O)O)C(F)(F)F)/C(=C/c1cccc(-c2ccc3c(c2)C(C(=O)OC(CS(=O)(=O)O)C(F)(F)F)c2ccccc2S3(=O)=O)c1)c1ccccc1. The Morgan fingerprint density at radius 2 is 1.21 bits per heavy atom. The monoisotopic (exact) mass is 848 g/mol. The Morgan fingerprint density at radius 1 is 0.679 bits per heavy atom. The van der Waals surface area contributed by atoms with Crippen molar-refractivity contribution in [1.29, 1.82) is 0 Å². The van der Waals surface area contributed by atoms with Gasteiger partial charge in [0.1, 0.15) is 17.4 Å². The first kappa shape index (κ1) is 42.1. The summed E-state index contributed by atoms with van der Waals surface area (Å²) in [6.07, 6.45) is -16.4. The van der Waals surface area contributed by atoms with E-state index in [1.807, 2.05) is 0 Å². The van der Waals surface area contributed by atoms with Crippen LogP contribution in [-0.2, 0) is 49.1 Å². The van der Waals surface area contributed by atoms with Gasteiger partial charge in [0.15, 0.2) is 0 Å². The van der Waals surface area contributed by atoms with E-state index >= 15 is 0 Å². The van der Waals surface area contributed by atoms with Gasteiger partial charge in [0.25, 0.3) is 20.2 Å². The van der Waals surface area contributed by atoms with E-state index in [1.165, 1.54) is 72.8 Å². The van der Waals surface area contributed by atoms with Crippen LogP contribution in [0, 0.1) is 0 Å². The average molecular weight is 849 g/mol. The van der Waals surface area contributed by atoms with E-state index in [-0.39, 0.29) is 33.4 Å². The molecule has 0 saturated heterocycles.